The smallest absolute Gasteiger partial charge is 0.228 e. The highest BCUT2D eigenvalue weighted by Gasteiger charge is 2.23. The summed E-state index contributed by atoms with van der Waals surface area (Å²) in [5, 5.41) is 6.40. The third-order valence-electron chi connectivity index (χ3n) is 3.06. The number of halogens is 2. The van der Waals surface area contributed by atoms with Gasteiger partial charge in [0.05, 0.1) is 17.1 Å². The van der Waals surface area contributed by atoms with Crippen LogP contribution in [0.4, 0.5) is 0 Å². The molecule has 1 N–H and O–H groups in total. The summed E-state index contributed by atoms with van der Waals surface area (Å²) in [6.07, 6.45) is 1.39. The highest BCUT2D eigenvalue weighted by Crippen LogP contribution is 2.13. The maximum absolute atomic E-state index is 12.1. The highest BCUT2D eigenvalue weighted by atomic mass is 35.5. The lowest BCUT2D eigenvalue weighted by Gasteiger charge is -2.33. The number of aryl methyl sites for hydroxylation is 1. The van der Waals surface area contributed by atoms with E-state index >= 15 is 0 Å². The zero-order chi connectivity index (χ0) is 12.3. The Morgan fingerprint density at radius 3 is 2.89 bits per heavy atom. The Hall–Kier alpha value is -0.360. The summed E-state index contributed by atoms with van der Waals surface area (Å²) < 4.78 is 0. The van der Waals surface area contributed by atoms with Gasteiger partial charge in [-0.25, -0.2) is 4.98 Å². The number of carbonyl (C=O) groups is 1. The van der Waals surface area contributed by atoms with Crippen LogP contribution in [0, 0.1) is 0 Å². The fourth-order valence-corrected chi connectivity index (χ4v) is 2.81. The fraction of sp³-hybridized carbons (Fsp3) is 0.667. The lowest BCUT2D eigenvalue weighted by molar-refractivity contribution is -0.133. The van der Waals surface area contributed by atoms with E-state index in [9.17, 15) is 4.79 Å². The zero-order valence-electron chi connectivity index (χ0n) is 11.2. The number of hydrogen-bond donors (Lipinski definition) is 1. The molecule has 0 aliphatic carbocycles. The number of carbonyl (C=O) groups excluding carboxylic acids is 1. The van der Waals surface area contributed by atoms with Gasteiger partial charge in [-0.2, -0.15) is 0 Å². The van der Waals surface area contributed by atoms with Gasteiger partial charge in [0, 0.05) is 31.1 Å². The normalized spacial score (nSPS) is 18.4. The van der Waals surface area contributed by atoms with Crippen LogP contribution in [0.3, 0.4) is 0 Å². The van der Waals surface area contributed by atoms with Crippen molar-refractivity contribution in [2.24, 2.45) is 0 Å². The summed E-state index contributed by atoms with van der Waals surface area (Å²) in [6, 6.07) is 0.292. The molecule has 2 rings (SSSR count). The van der Waals surface area contributed by atoms with Crippen molar-refractivity contribution in [1.82, 2.24) is 15.2 Å². The summed E-state index contributed by atoms with van der Waals surface area (Å²) in [7, 11) is 0. The first-order valence-corrected chi connectivity index (χ1v) is 7.02. The Balaban J connectivity index is 0.00000162. The van der Waals surface area contributed by atoms with Gasteiger partial charge in [0.25, 0.3) is 0 Å². The molecule has 1 aromatic heterocycles. The molecule has 4 nitrogen and oxygen atoms in total. The van der Waals surface area contributed by atoms with Crippen LogP contribution in [0.15, 0.2) is 5.38 Å². The van der Waals surface area contributed by atoms with Gasteiger partial charge >= 0.3 is 0 Å². The molecule has 19 heavy (non-hydrogen) atoms. The predicted octanol–water partition coefficient (Wildman–Crippen LogP) is 1.91. The maximum atomic E-state index is 12.1. The quantitative estimate of drug-likeness (QED) is 0.923. The third kappa shape index (κ3) is 4.91. The molecule has 1 aliphatic rings. The van der Waals surface area contributed by atoms with Crippen molar-refractivity contribution in [1.29, 1.82) is 0 Å². The van der Waals surface area contributed by atoms with E-state index in [2.05, 4.69) is 24.1 Å². The molecule has 0 bridgehead atoms. The molecule has 7 heteroatoms. The van der Waals surface area contributed by atoms with Crippen LogP contribution in [-0.2, 0) is 17.6 Å². The second kappa shape index (κ2) is 8.74. The summed E-state index contributed by atoms with van der Waals surface area (Å²) in [5.74, 6) is 0.201. The van der Waals surface area contributed by atoms with Crippen molar-refractivity contribution in [2.75, 3.05) is 19.6 Å². The molecule has 1 atom stereocenters. The number of aromatic nitrogens is 1. The number of hydrogen-bond acceptors (Lipinski definition) is 4. The molecule has 0 aromatic carbocycles. The molecule has 1 fully saturated rings. The first-order chi connectivity index (χ1) is 8.20. The Kier molecular flexibility index (Phi) is 8.57. The molecule has 0 spiro atoms. The predicted molar refractivity (Wildman–Crippen MR) is 83.7 cm³/mol. The zero-order valence-corrected chi connectivity index (χ0v) is 13.7. The van der Waals surface area contributed by atoms with Gasteiger partial charge in [-0.1, -0.05) is 6.92 Å². The van der Waals surface area contributed by atoms with Crippen LogP contribution >= 0.6 is 36.2 Å². The molecule has 0 unspecified atom stereocenters. The van der Waals surface area contributed by atoms with E-state index in [0.717, 1.165) is 36.8 Å². The Bertz CT molecular complexity index is 400. The molecule has 110 valence electrons. The van der Waals surface area contributed by atoms with E-state index in [1.54, 1.807) is 11.3 Å². The number of piperazine rings is 1. The summed E-state index contributed by atoms with van der Waals surface area (Å²) >= 11 is 1.64. The largest absolute Gasteiger partial charge is 0.337 e. The monoisotopic (exact) mass is 325 g/mol. The van der Waals surface area contributed by atoms with Crippen molar-refractivity contribution in [3.63, 3.8) is 0 Å². The Morgan fingerprint density at radius 2 is 2.32 bits per heavy atom. The van der Waals surface area contributed by atoms with Crippen molar-refractivity contribution in [3.8, 4) is 0 Å². The van der Waals surface area contributed by atoms with Crippen LogP contribution in [0.25, 0.3) is 0 Å². The van der Waals surface area contributed by atoms with Gasteiger partial charge in [0.1, 0.15) is 0 Å². The van der Waals surface area contributed by atoms with Crippen LogP contribution in [0.2, 0.25) is 0 Å². The van der Waals surface area contributed by atoms with E-state index < -0.39 is 0 Å². The molecular formula is C12H21Cl2N3OS. The van der Waals surface area contributed by atoms with E-state index in [1.807, 2.05) is 10.3 Å². The minimum absolute atomic E-state index is 0. The molecular weight excluding hydrogens is 305 g/mol. The minimum atomic E-state index is 0. The average molecular weight is 326 g/mol. The van der Waals surface area contributed by atoms with Crippen LogP contribution in [0.1, 0.15) is 24.5 Å². The Labute approximate surface area is 130 Å². The molecule has 1 amide bonds. The topological polar surface area (TPSA) is 45.2 Å². The lowest BCUT2D eigenvalue weighted by Crippen LogP contribution is -2.52. The summed E-state index contributed by atoms with van der Waals surface area (Å²) in [5.41, 5.74) is 0.919. The summed E-state index contributed by atoms with van der Waals surface area (Å²) in [6.45, 7) is 6.77. The van der Waals surface area contributed by atoms with Gasteiger partial charge in [-0.3, -0.25) is 4.79 Å². The lowest BCUT2D eigenvalue weighted by atomic mass is 10.2. The molecule has 1 aliphatic heterocycles. The minimum Gasteiger partial charge on any atom is -0.337 e. The molecule has 0 radical (unpaired) electrons. The van der Waals surface area contributed by atoms with Crippen molar-refractivity contribution < 1.29 is 4.79 Å². The SMILES string of the molecule is CCc1nc(CC(=O)N2CCNC[C@@H]2C)cs1.Cl.Cl. The molecule has 1 aromatic rings. The van der Waals surface area contributed by atoms with Crippen LogP contribution in [-0.4, -0.2) is 41.5 Å². The standard InChI is InChI=1S/C12H19N3OS.2ClH/c1-3-11-14-10(8-17-11)6-12(16)15-5-4-13-7-9(15)2;;/h8-9,13H,3-7H2,1-2H3;2*1H/t9-;;/m0../s1. The van der Waals surface area contributed by atoms with Gasteiger partial charge < -0.3 is 10.2 Å². The first-order valence-electron chi connectivity index (χ1n) is 6.14. The van der Waals surface area contributed by atoms with Crippen molar-refractivity contribution in [3.05, 3.63) is 16.1 Å². The second-order valence-electron chi connectivity index (χ2n) is 4.40. The van der Waals surface area contributed by atoms with E-state index in [1.165, 1.54) is 0 Å². The van der Waals surface area contributed by atoms with Gasteiger partial charge in [-0.05, 0) is 13.3 Å². The van der Waals surface area contributed by atoms with Gasteiger partial charge in [0.15, 0.2) is 0 Å². The van der Waals surface area contributed by atoms with E-state index in [0.29, 0.717) is 12.5 Å². The maximum Gasteiger partial charge on any atom is 0.228 e. The molecule has 1 saturated heterocycles. The number of thiazole rings is 1. The molecule has 0 saturated carbocycles. The number of rotatable bonds is 3. The number of nitrogens with zero attached hydrogens (tertiary/aromatic N) is 2. The average Bonchev–Trinajstić information content (AvgIpc) is 2.77. The van der Waals surface area contributed by atoms with Gasteiger partial charge in [-0.15, -0.1) is 36.2 Å². The van der Waals surface area contributed by atoms with Gasteiger partial charge in [0.2, 0.25) is 5.91 Å². The van der Waals surface area contributed by atoms with Crippen LogP contribution < -0.4 is 5.32 Å². The second-order valence-corrected chi connectivity index (χ2v) is 5.35. The van der Waals surface area contributed by atoms with Crippen molar-refractivity contribution in [2.45, 2.75) is 32.7 Å². The fourth-order valence-electron chi connectivity index (χ4n) is 2.06. The number of nitrogens with one attached hydrogen (secondary N) is 1. The van der Waals surface area contributed by atoms with Crippen LogP contribution in [0.5, 0.6) is 0 Å². The van der Waals surface area contributed by atoms with E-state index in [-0.39, 0.29) is 30.7 Å². The van der Waals surface area contributed by atoms with Crippen molar-refractivity contribution >= 4 is 42.1 Å². The first kappa shape index (κ1) is 18.6. The Morgan fingerprint density at radius 1 is 1.58 bits per heavy atom. The highest BCUT2D eigenvalue weighted by molar-refractivity contribution is 7.09. The van der Waals surface area contributed by atoms with E-state index in [4.69, 9.17) is 0 Å². The molecule has 2 heterocycles. The summed E-state index contributed by atoms with van der Waals surface area (Å²) in [4.78, 5) is 18.5. The number of amides is 1. The third-order valence-corrected chi connectivity index (χ3v) is 4.10.